The maximum atomic E-state index is 11.6. The van der Waals surface area contributed by atoms with E-state index < -0.39 is 27.9 Å². The Kier molecular flexibility index (Phi) is 5.08. The van der Waals surface area contributed by atoms with E-state index in [0.717, 1.165) is 6.26 Å². The molecule has 0 spiro atoms. The van der Waals surface area contributed by atoms with Gasteiger partial charge in [0.2, 0.25) is 0 Å². The van der Waals surface area contributed by atoms with Gasteiger partial charge in [-0.1, -0.05) is 0 Å². The van der Waals surface area contributed by atoms with Crippen molar-refractivity contribution in [3.05, 3.63) is 12.4 Å². The summed E-state index contributed by atoms with van der Waals surface area (Å²) in [5.74, 6) is -1.62. The number of amides is 2. The molecule has 0 bridgehead atoms. The van der Waals surface area contributed by atoms with Crippen LogP contribution in [0.2, 0.25) is 0 Å². The SMILES string of the molecule is Cn1cc(NC(=O)NC(CCS(C)(=O)=O)C(=O)O)cn1. The molecule has 1 rings (SSSR count). The molecule has 0 aliphatic rings. The molecule has 3 N–H and O–H groups in total. The van der Waals surface area contributed by atoms with Gasteiger partial charge >= 0.3 is 12.0 Å². The molecule has 10 heteroatoms. The Labute approximate surface area is 115 Å². The molecule has 0 aliphatic heterocycles. The van der Waals surface area contributed by atoms with Crippen molar-refractivity contribution < 1.29 is 23.1 Å². The van der Waals surface area contributed by atoms with Gasteiger partial charge in [0.15, 0.2) is 0 Å². The molecule has 1 heterocycles. The lowest BCUT2D eigenvalue weighted by Gasteiger charge is -2.14. The van der Waals surface area contributed by atoms with Crippen molar-refractivity contribution in [1.29, 1.82) is 0 Å². The lowest BCUT2D eigenvalue weighted by atomic mass is 10.2. The van der Waals surface area contributed by atoms with Crippen LogP contribution < -0.4 is 10.6 Å². The topological polar surface area (TPSA) is 130 Å². The van der Waals surface area contributed by atoms with Gasteiger partial charge in [-0.3, -0.25) is 4.68 Å². The summed E-state index contributed by atoms with van der Waals surface area (Å²) in [6.45, 7) is 0. The molecule has 0 saturated carbocycles. The summed E-state index contributed by atoms with van der Waals surface area (Å²) in [6.07, 6.45) is 3.73. The van der Waals surface area contributed by atoms with E-state index in [2.05, 4.69) is 15.7 Å². The maximum Gasteiger partial charge on any atom is 0.326 e. The van der Waals surface area contributed by atoms with Gasteiger partial charge in [-0.2, -0.15) is 5.10 Å². The molecular weight excluding hydrogens is 288 g/mol. The summed E-state index contributed by atoms with van der Waals surface area (Å²) in [5, 5.41) is 17.4. The molecule has 1 aromatic rings. The zero-order chi connectivity index (χ0) is 15.3. The molecule has 2 amide bonds. The molecule has 0 fully saturated rings. The third kappa shape index (κ3) is 5.69. The highest BCUT2D eigenvalue weighted by atomic mass is 32.2. The summed E-state index contributed by atoms with van der Waals surface area (Å²) in [7, 11) is -1.63. The second-order valence-corrected chi connectivity index (χ2v) is 6.57. The Morgan fingerprint density at radius 2 is 2.15 bits per heavy atom. The molecule has 112 valence electrons. The molecule has 20 heavy (non-hydrogen) atoms. The third-order valence-corrected chi connectivity index (χ3v) is 3.32. The van der Waals surface area contributed by atoms with Crippen molar-refractivity contribution >= 4 is 27.5 Å². The number of urea groups is 1. The first-order valence-corrected chi connectivity index (χ1v) is 7.70. The summed E-state index contributed by atoms with van der Waals surface area (Å²) >= 11 is 0. The standard InChI is InChI=1S/C10H16N4O5S/c1-14-6-7(5-11-14)12-10(17)13-8(9(15)16)3-4-20(2,18)19/h5-6,8H,3-4H2,1-2H3,(H,15,16)(H2,12,13,17). The van der Waals surface area contributed by atoms with Gasteiger partial charge in [0, 0.05) is 19.5 Å². The Morgan fingerprint density at radius 1 is 1.50 bits per heavy atom. The van der Waals surface area contributed by atoms with E-state index >= 15 is 0 Å². The van der Waals surface area contributed by atoms with Gasteiger partial charge in [0.25, 0.3) is 0 Å². The van der Waals surface area contributed by atoms with Crippen molar-refractivity contribution in [3.8, 4) is 0 Å². The number of hydrogen-bond donors (Lipinski definition) is 3. The third-order valence-electron chi connectivity index (χ3n) is 2.34. The Morgan fingerprint density at radius 3 is 2.60 bits per heavy atom. The van der Waals surface area contributed by atoms with Crippen LogP contribution in [0.15, 0.2) is 12.4 Å². The van der Waals surface area contributed by atoms with Crippen molar-refractivity contribution in [2.24, 2.45) is 7.05 Å². The lowest BCUT2D eigenvalue weighted by molar-refractivity contribution is -0.139. The second-order valence-electron chi connectivity index (χ2n) is 4.31. The molecule has 1 atom stereocenters. The average molecular weight is 304 g/mol. The van der Waals surface area contributed by atoms with Gasteiger partial charge in [-0.15, -0.1) is 0 Å². The highest BCUT2D eigenvalue weighted by molar-refractivity contribution is 7.90. The molecule has 0 radical (unpaired) electrons. The Balaban J connectivity index is 2.57. The number of carboxylic acid groups (broad SMARTS) is 1. The predicted molar refractivity (Wildman–Crippen MR) is 71.1 cm³/mol. The van der Waals surface area contributed by atoms with E-state index in [-0.39, 0.29) is 12.2 Å². The summed E-state index contributed by atoms with van der Waals surface area (Å²) < 4.78 is 23.5. The molecule has 9 nitrogen and oxygen atoms in total. The summed E-state index contributed by atoms with van der Waals surface area (Å²) in [6, 6.07) is -2.01. The van der Waals surface area contributed by atoms with Gasteiger partial charge in [0.05, 0.1) is 17.6 Å². The maximum absolute atomic E-state index is 11.6. The fraction of sp³-hybridized carbons (Fsp3) is 0.500. The van der Waals surface area contributed by atoms with E-state index in [4.69, 9.17) is 5.11 Å². The van der Waals surface area contributed by atoms with E-state index in [0.29, 0.717) is 5.69 Å². The van der Waals surface area contributed by atoms with Crippen LogP contribution >= 0.6 is 0 Å². The number of nitrogens with zero attached hydrogens (tertiary/aromatic N) is 2. The zero-order valence-corrected chi connectivity index (χ0v) is 11.8. The fourth-order valence-electron chi connectivity index (χ4n) is 1.40. The molecule has 0 aliphatic carbocycles. The number of carbonyl (C=O) groups is 2. The van der Waals surface area contributed by atoms with E-state index in [1.54, 1.807) is 7.05 Å². The zero-order valence-electron chi connectivity index (χ0n) is 11.0. The minimum atomic E-state index is -3.29. The average Bonchev–Trinajstić information content (AvgIpc) is 2.68. The van der Waals surface area contributed by atoms with Crippen LogP contribution in [0.3, 0.4) is 0 Å². The van der Waals surface area contributed by atoms with E-state index in [1.165, 1.54) is 17.1 Å². The second kappa shape index (κ2) is 6.37. The summed E-state index contributed by atoms with van der Waals surface area (Å²) in [5.41, 5.74) is 0.400. The molecule has 1 unspecified atom stereocenters. The minimum absolute atomic E-state index is 0.200. The van der Waals surface area contributed by atoms with Crippen molar-refractivity contribution in [1.82, 2.24) is 15.1 Å². The highest BCUT2D eigenvalue weighted by Crippen LogP contribution is 2.04. The van der Waals surface area contributed by atoms with Gasteiger partial charge in [0.1, 0.15) is 15.9 Å². The van der Waals surface area contributed by atoms with Gasteiger partial charge < -0.3 is 15.7 Å². The fourth-order valence-corrected chi connectivity index (χ4v) is 2.06. The number of sulfone groups is 1. The molecule has 0 saturated heterocycles. The van der Waals surface area contributed by atoms with Crippen molar-refractivity contribution in [3.63, 3.8) is 0 Å². The smallest absolute Gasteiger partial charge is 0.326 e. The van der Waals surface area contributed by atoms with Gasteiger partial charge in [-0.25, -0.2) is 18.0 Å². The minimum Gasteiger partial charge on any atom is -0.480 e. The van der Waals surface area contributed by atoms with Crippen LogP contribution in [-0.2, 0) is 21.7 Å². The number of anilines is 1. The van der Waals surface area contributed by atoms with Gasteiger partial charge in [-0.05, 0) is 6.42 Å². The molecule has 1 aromatic heterocycles. The molecular formula is C10H16N4O5S. The van der Waals surface area contributed by atoms with E-state index in [1.807, 2.05) is 0 Å². The number of aryl methyl sites for hydroxylation is 1. The van der Waals surface area contributed by atoms with E-state index in [9.17, 15) is 18.0 Å². The van der Waals surface area contributed by atoms with Crippen LogP contribution in [0, 0.1) is 0 Å². The van der Waals surface area contributed by atoms with Crippen LogP contribution in [0.5, 0.6) is 0 Å². The number of aliphatic carboxylic acids is 1. The number of rotatable bonds is 6. The van der Waals surface area contributed by atoms with Crippen LogP contribution in [0.4, 0.5) is 10.5 Å². The quantitative estimate of drug-likeness (QED) is 0.645. The lowest BCUT2D eigenvalue weighted by Crippen LogP contribution is -2.43. The largest absolute Gasteiger partial charge is 0.480 e. The summed E-state index contributed by atoms with van der Waals surface area (Å²) in [4.78, 5) is 22.5. The Bertz CT molecular complexity index is 595. The normalized spacial score (nSPS) is 12.7. The molecule has 0 aromatic carbocycles. The highest BCUT2D eigenvalue weighted by Gasteiger charge is 2.21. The monoisotopic (exact) mass is 304 g/mol. The number of hydrogen-bond acceptors (Lipinski definition) is 5. The van der Waals surface area contributed by atoms with Crippen LogP contribution in [0.1, 0.15) is 6.42 Å². The van der Waals surface area contributed by atoms with Crippen molar-refractivity contribution in [2.45, 2.75) is 12.5 Å². The number of carboxylic acids is 1. The first-order valence-electron chi connectivity index (χ1n) is 5.64. The first-order chi connectivity index (χ1) is 9.17. The number of carbonyl (C=O) groups excluding carboxylic acids is 1. The number of nitrogens with one attached hydrogen (secondary N) is 2. The number of aromatic nitrogens is 2. The first kappa shape index (κ1) is 16.0. The van der Waals surface area contributed by atoms with Crippen LogP contribution in [0.25, 0.3) is 0 Å². The predicted octanol–water partition coefficient (Wildman–Crippen LogP) is -0.570. The van der Waals surface area contributed by atoms with Crippen molar-refractivity contribution in [2.75, 3.05) is 17.3 Å². The van der Waals surface area contributed by atoms with Crippen LogP contribution in [-0.4, -0.2) is 53.4 Å². The Hall–Kier alpha value is -2.10.